The average molecular weight is 443 g/mol. The molecule has 0 spiro atoms. The zero-order valence-electron chi connectivity index (χ0n) is 17.5. The molecule has 3 aromatic rings. The van der Waals surface area contributed by atoms with Gasteiger partial charge in [0, 0.05) is 12.7 Å². The highest BCUT2D eigenvalue weighted by Gasteiger charge is 2.18. The summed E-state index contributed by atoms with van der Waals surface area (Å²) in [5, 5.41) is 4.23. The van der Waals surface area contributed by atoms with Crippen LogP contribution in [0.25, 0.3) is 16.8 Å². The molecule has 2 aromatic carbocycles. The Morgan fingerprint density at radius 1 is 1.10 bits per heavy atom. The molecule has 0 saturated heterocycles. The van der Waals surface area contributed by atoms with E-state index in [0.29, 0.717) is 29.0 Å². The number of rotatable bonds is 7. The topological polar surface area (TPSA) is 78.3 Å². The molecule has 0 amide bonds. The van der Waals surface area contributed by atoms with Crippen LogP contribution in [0.1, 0.15) is 26.7 Å². The van der Waals surface area contributed by atoms with E-state index >= 15 is 0 Å². The van der Waals surface area contributed by atoms with Crippen molar-refractivity contribution in [1.82, 2.24) is 9.78 Å². The van der Waals surface area contributed by atoms with Crippen molar-refractivity contribution < 1.29 is 17.5 Å². The fraction of sp³-hybridized carbons (Fsp3) is 0.217. The standard InChI is InChI=1S/C23H23FN2O4S/c1-4-6-19(5-2)30-22-21(16-7-13-20(14-8-16)31(3,28)29)15-25-26(23(22)27)18-11-9-17(24)10-12-18/h6-15H,4-5H2,1-3H3. The van der Waals surface area contributed by atoms with Crippen molar-refractivity contribution in [3.8, 4) is 22.6 Å². The first kappa shape index (κ1) is 22.4. The summed E-state index contributed by atoms with van der Waals surface area (Å²) in [5.74, 6) is 0.272. The van der Waals surface area contributed by atoms with Crippen LogP contribution in [0.4, 0.5) is 4.39 Å². The first-order valence-electron chi connectivity index (χ1n) is 9.80. The SMILES string of the molecule is CCC=C(CC)Oc1c(-c2ccc(S(C)(=O)=O)cc2)cnn(-c2ccc(F)cc2)c1=O. The van der Waals surface area contributed by atoms with Crippen LogP contribution in [-0.4, -0.2) is 24.5 Å². The van der Waals surface area contributed by atoms with Crippen molar-refractivity contribution in [2.45, 2.75) is 31.6 Å². The lowest BCUT2D eigenvalue weighted by Crippen LogP contribution is -2.23. The van der Waals surface area contributed by atoms with Gasteiger partial charge in [0.15, 0.2) is 9.84 Å². The fourth-order valence-corrected chi connectivity index (χ4v) is 3.64. The molecule has 0 fully saturated rings. The van der Waals surface area contributed by atoms with E-state index in [-0.39, 0.29) is 10.6 Å². The maximum absolute atomic E-state index is 13.3. The van der Waals surface area contributed by atoms with E-state index in [1.54, 1.807) is 12.1 Å². The summed E-state index contributed by atoms with van der Waals surface area (Å²) in [7, 11) is -3.35. The van der Waals surface area contributed by atoms with Crippen LogP contribution in [0, 0.1) is 5.82 Å². The quantitative estimate of drug-likeness (QED) is 0.503. The molecule has 6 nitrogen and oxygen atoms in total. The van der Waals surface area contributed by atoms with Gasteiger partial charge in [0.2, 0.25) is 5.75 Å². The second kappa shape index (κ2) is 9.26. The molecule has 0 aliphatic heterocycles. The molecule has 0 bridgehead atoms. The minimum Gasteiger partial charge on any atom is -0.455 e. The van der Waals surface area contributed by atoms with Gasteiger partial charge in [-0.25, -0.2) is 12.8 Å². The molecule has 0 N–H and O–H groups in total. The molecule has 0 aliphatic carbocycles. The smallest absolute Gasteiger partial charge is 0.315 e. The summed E-state index contributed by atoms with van der Waals surface area (Å²) in [6, 6.07) is 11.6. The Hall–Kier alpha value is -3.26. The number of aromatic nitrogens is 2. The van der Waals surface area contributed by atoms with Crippen LogP contribution in [0.2, 0.25) is 0 Å². The molecular formula is C23H23FN2O4S. The van der Waals surface area contributed by atoms with Crippen LogP contribution >= 0.6 is 0 Å². The Balaban J connectivity index is 2.18. The van der Waals surface area contributed by atoms with Crippen molar-refractivity contribution in [3.63, 3.8) is 0 Å². The van der Waals surface area contributed by atoms with Crippen LogP contribution < -0.4 is 10.3 Å². The highest BCUT2D eigenvalue weighted by molar-refractivity contribution is 7.90. The Kier molecular flexibility index (Phi) is 6.70. The Morgan fingerprint density at radius 3 is 2.29 bits per heavy atom. The third-order valence-corrected chi connectivity index (χ3v) is 5.74. The molecule has 8 heteroatoms. The Bertz CT molecular complexity index is 1260. The third kappa shape index (κ3) is 5.08. The molecule has 0 unspecified atom stereocenters. The van der Waals surface area contributed by atoms with Gasteiger partial charge in [0.1, 0.15) is 11.6 Å². The molecule has 0 aliphatic rings. The highest BCUT2D eigenvalue weighted by atomic mass is 32.2. The summed E-state index contributed by atoms with van der Waals surface area (Å²) < 4.78 is 44.0. The van der Waals surface area contributed by atoms with Gasteiger partial charge in [-0.3, -0.25) is 4.79 Å². The van der Waals surface area contributed by atoms with Crippen LogP contribution in [0.5, 0.6) is 5.75 Å². The van der Waals surface area contributed by atoms with Crippen molar-refractivity contribution >= 4 is 9.84 Å². The molecular weight excluding hydrogens is 419 g/mol. The van der Waals surface area contributed by atoms with Gasteiger partial charge < -0.3 is 4.74 Å². The molecule has 31 heavy (non-hydrogen) atoms. The first-order valence-corrected chi connectivity index (χ1v) is 11.7. The van der Waals surface area contributed by atoms with E-state index in [1.807, 2.05) is 19.9 Å². The highest BCUT2D eigenvalue weighted by Crippen LogP contribution is 2.29. The normalized spacial score (nSPS) is 12.1. The molecule has 1 aromatic heterocycles. The van der Waals surface area contributed by atoms with Gasteiger partial charge in [-0.15, -0.1) is 0 Å². The van der Waals surface area contributed by atoms with E-state index in [4.69, 9.17) is 4.74 Å². The van der Waals surface area contributed by atoms with E-state index in [2.05, 4.69) is 5.10 Å². The average Bonchev–Trinajstić information content (AvgIpc) is 2.75. The van der Waals surface area contributed by atoms with Crippen molar-refractivity contribution in [2.75, 3.05) is 6.26 Å². The Labute approximate surface area is 180 Å². The second-order valence-electron chi connectivity index (χ2n) is 6.91. The lowest BCUT2D eigenvalue weighted by atomic mass is 10.1. The number of nitrogens with zero attached hydrogens (tertiary/aromatic N) is 2. The summed E-state index contributed by atoms with van der Waals surface area (Å²) >= 11 is 0. The number of ether oxygens (including phenoxy) is 1. The van der Waals surface area contributed by atoms with Crippen LogP contribution in [0.15, 0.2) is 76.3 Å². The molecule has 162 valence electrons. The summed E-state index contributed by atoms with van der Waals surface area (Å²) in [6.07, 6.45) is 5.82. The minimum atomic E-state index is -3.35. The van der Waals surface area contributed by atoms with E-state index in [9.17, 15) is 17.6 Å². The van der Waals surface area contributed by atoms with Gasteiger partial charge in [0.25, 0.3) is 0 Å². The molecule has 1 heterocycles. The van der Waals surface area contributed by atoms with Crippen LogP contribution in [0.3, 0.4) is 0 Å². The number of sulfone groups is 1. The minimum absolute atomic E-state index is 0.0629. The van der Waals surface area contributed by atoms with Crippen molar-refractivity contribution in [3.05, 3.63) is 82.7 Å². The predicted molar refractivity (Wildman–Crippen MR) is 118 cm³/mol. The van der Waals surface area contributed by atoms with E-state index < -0.39 is 21.2 Å². The molecule has 3 rings (SSSR count). The summed E-state index contributed by atoms with van der Waals surface area (Å²) in [6.45, 7) is 3.88. The fourth-order valence-electron chi connectivity index (χ4n) is 3.01. The van der Waals surface area contributed by atoms with E-state index in [1.165, 1.54) is 42.6 Å². The van der Waals surface area contributed by atoms with Gasteiger partial charge in [0.05, 0.1) is 22.3 Å². The van der Waals surface area contributed by atoms with E-state index in [0.717, 1.165) is 17.4 Å². The van der Waals surface area contributed by atoms with Gasteiger partial charge >= 0.3 is 5.56 Å². The van der Waals surface area contributed by atoms with Gasteiger partial charge in [-0.05, 0) is 54.5 Å². The monoisotopic (exact) mass is 442 g/mol. The maximum Gasteiger partial charge on any atom is 0.315 e. The first-order chi connectivity index (χ1) is 14.7. The molecule has 0 radical (unpaired) electrons. The zero-order chi connectivity index (χ0) is 22.6. The zero-order valence-corrected chi connectivity index (χ0v) is 18.3. The van der Waals surface area contributed by atoms with Crippen molar-refractivity contribution in [1.29, 1.82) is 0 Å². The number of allylic oxidation sites excluding steroid dienone is 2. The molecule has 0 atom stereocenters. The number of halogens is 1. The maximum atomic E-state index is 13.3. The second-order valence-corrected chi connectivity index (χ2v) is 8.93. The lowest BCUT2D eigenvalue weighted by molar-refractivity contribution is 0.398. The van der Waals surface area contributed by atoms with Crippen molar-refractivity contribution in [2.24, 2.45) is 0 Å². The number of hydrogen-bond donors (Lipinski definition) is 0. The lowest BCUT2D eigenvalue weighted by Gasteiger charge is -2.15. The largest absolute Gasteiger partial charge is 0.455 e. The van der Waals surface area contributed by atoms with Crippen LogP contribution in [-0.2, 0) is 9.84 Å². The summed E-state index contributed by atoms with van der Waals surface area (Å²) in [5.41, 5.74) is 0.906. The number of hydrogen-bond acceptors (Lipinski definition) is 5. The summed E-state index contributed by atoms with van der Waals surface area (Å²) in [4.78, 5) is 13.5. The van der Waals surface area contributed by atoms with Gasteiger partial charge in [-0.1, -0.05) is 26.0 Å². The van der Waals surface area contributed by atoms with Gasteiger partial charge in [-0.2, -0.15) is 9.78 Å². The Morgan fingerprint density at radius 2 is 1.74 bits per heavy atom. The predicted octanol–water partition coefficient (Wildman–Crippen LogP) is 4.52. The molecule has 0 saturated carbocycles. The number of benzene rings is 2. The third-order valence-electron chi connectivity index (χ3n) is 4.61.